The second-order valence-corrected chi connectivity index (χ2v) is 7.48. The standard InChI is InChI=1S/C18H20ClFO5/c1-17(2,3)16(23)24-10-18(9-21)8-12(15(22)25-18)6-11-4-5-13(19)14(20)7-11/h4-7,21H,8-10H2,1-3H3/b12-6-. The smallest absolute Gasteiger partial charge is 0.334 e. The number of aliphatic hydroxyl groups excluding tert-OH is 1. The quantitative estimate of drug-likeness (QED) is 0.651. The molecule has 1 atom stereocenters. The van der Waals surface area contributed by atoms with Crippen LogP contribution in [0, 0.1) is 11.2 Å². The first kappa shape index (κ1) is 19.4. The number of halogens is 2. The molecule has 1 aliphatic rings. The van der Waals surface area contributed by atoms with Crippen molar-refractivity contribution in [3.05, 3.63) is 40.2 Å². The summed E-state index contributed by atoms with van der Waals surface area (Å²) < 4.78 is 23.9. The fourth-order valence-electron chi connectivity index (χ4n) is 2.26. The SMILES string of the molecule is CC(C)(C)C(=O)OCC1(CO)C/C(=C/c2ccc(Cl)c(F)c2)C(=O)O1. The number of esters is 2. The van der Waals surface area contributed by atoms with Crippen LogP contribution in [0.1, 0.15) is 32.8 Å². The molecule has 1 N–H and O–H groups in total. The van der Waals surface area contributed by atoms with Crippen LogP contribution in [-0.2, 0) is 19.1 Å². The number of rotatable bonds is 4. The predicted molar refractivity (Wildman–Crippen MR) is 90.3 cm³/mol. The second kappa shape index (κ2) is 7.14. The molecule has 1 aromatic carbocycles. The number of benzene rings is 1. The number of hydrogen-bond donors (Lipinski definition) is 1. The summed E-state index contributed by atoms with van der Waals surface area (Å²) in [4.78, 5) is 24.0. The highest BCUT2D eigenvalue weighted by atomic mass is 35.5. The van der Waals surface area contributed by atoms with Gasteiger partial charge in [-0.05, 0) is 44.5 Å². The molecule has 0 radical (unpaired) electrons. The molecule has 1 aliphatic heterocycles. The third-order valence-corrected chi connectivity index (χ3v) is 4.04. The minimum atomic E-state index is -1.32. The van der Waals surface area contributed by atoms with Gasteiger partial charge >= 0.3 is 11.9 Å². The highest BCUT2D eigenvalue weighted by Crippen LogP contribution is 2.33. The first-order valence-corrected chi connectivity index (χ1v) is 8.11. The monoisotopic (exact) mass is 370 g/mol. The molecule has 0 aromatic heterocycles. The Morgan fingerprint density at radius 2 is 2.16 bits per heavy atom. The van der Waals surface area contributed by atoms with Crippen molar-refractivity contribution in [2.24, 2.45) is 5.41 Å². The van der Waals surface area contributed by atoms with Gasteiger partial charge in [0.2, 0.25) is 0 Å². The van der Waals surface area contributed by atoms with E-state index in [0.717, 1.165) is 0 Å². The van der Waals surface area contributed by atoms with Crippen molar-refractivity contribution in [3.63, 3.8) is 0 Å². The van der Waals surface area contributed by atoms with Crippen LogP contribution in [0.25, 0.3) is 6.08 Å². The number of carbonyl (C=O) groups excluding carboxylic acids is 2. The molecule has 25 heavy (non-hydrogen) atoms. The molecular weight excluding hydrogens is 351 g/mol. The van der Waals surface area contributed by atoms with Crippen molar-refractivity contribution in [2.45, 2.75) is 32.8 Å². The van der Waals surface area contributed by atoms with E-state index < -0.39 is 35.4 Å². The first-order chi connectivity index (χ1) is 11.6. The second-order valence-electron chi connectivity index (χ2n) is 7.08. The first-order valence-electron chi connectivity index (χ1n) is 7.73. The maximum atomic E-state index is 13.5. The van der Waals surface area contributed by atoms with Crippen LogP contribution in [0.3, 0.4) is 0 Å². The number of hydrogen-bond acceptors (Lipinski definition) is 5. The van der Waals surface area contributed by atoms with Gasteiger partial charge in [-0.1, -0.05) is 17.7 Å². The summed E-state index contributed by atoms with van der Waals surface area (Å²) in [5.74, 6) is -1.71. The summed E-state index contributed by atoms with van der Waals surface area (Å²) in [7, 11) is 0. The Morgan fingerprint density at radius 3 is 2.72 bits per heavy atom. The van der Waals surface area contributed by atoms with Crippen molar-refractivity contribution >= 4 is 29.6 Å². The lowest BCUT2D eigenvalue weighted by molar-refractivity contribution is -0.171. The van der Waals surface area contributed by atoms with Gasteiger partial charge in [0.1, 0.15) is 12.4 Å². The molecule has 1 heterocycles. The van der Waals surface area contributed by atoms with Gasteiger partial charge in [0.05, 0.1) is 17.0 Å². The fraction of sp³-hybridized carbons (Fsp3) is 0.444. The summed E-state index contributed by atoms with van der Waals surface area (Å²) >= 11 is 5.63. The zero-order valence-electron chi connectivity index (χ0n) is 14.3. The van der Waals surface area contributed by atoms with E-state index in [0.29, 0.717) is 5.56 Å². The normalized spacial score (nSPS) is 22.2. The topological polar surface area (TPSA) is 72.8 Å². The minimum absolute atomic E-state index is 0.0186. The van der Waals surface area contributed by atoms with Crippen molar-refractivity contribution in [1.29, 1.82) is 0 Å². The molecule has 0 saturated carbocycles. The zero-order valence-corrected chi connectivity index (χ0v) is 15.0. The van der Waals surface area contributed by atoms with Gasteiger partial charge in [-0.15, -0.1) is 0 Å². The van der Waals surface area contributed by atoms with Gasteiger partial charge < -0.3 is 14.6 Å². The molecule has 7 heteroatoms. The molecule has 5 nitrogen and oxygen atoms in total. The van der Waals surface area contributed by atoms with Crippen molar-refractivity contribution in [1.82, 2.24) is 0 Å². The Hall–Kier alpha value is -1.92. The molecule has 136 valence electrons. The Labute approximate surface area is 150 Å². The van der Waals surface area contributed by atoms with Gasteiger partial charge in [-0.25, -0.2) is 9.18 Å². The lowest BCUT2D eigenvalue weighted by atomic mass is 9.96. The lowest BCUT2D eigenvalue weighted by Crippen LogP contribution is -2.40. The van der Waals surface area contributed by atoms with Gasteiger partial charge in [-0.3, -0.25) is 4.79 Å². The van der Waals surface area contributed by atoms with Crippen molar-refractivity contribution in [2.75, 3.05) is 13.2 Å². The molecule has 1 saturated heterocycles. The summed E-state index contributed by atoms with van der Waals surface area (Å²) in [5, 5.41) is 9.62. The molecule has 0 aliphatic carbocycles. The molecule has 0 spiro atoms. The highest BCUT2D eigenvalue weighted by Gasteiger charge is 2.45. The molecule has 1 aromatic rings. The van der Waals surface area contributed by atoms with Crippen LogP contribution < -0.4 is 0 Å². The molecular formula is C18H20ClFO5. The largest absolute Gasteiger partial charge is 0.461 e. The highest BCUT2D eigenvalue weighted by molar-refractivity contribution is 6.30. The van der Waals surface area contributed by atoms with Crippen LogP contribution in [0.2, 0.25) is 5.02 Å². The molecule has 1 unspecified atom stereocenters. The lowest BCUT2D eigenvalue weighted by Gasteiger charge is -2.26. The summed E-state index contributed by atoms with van der Waals surface area (Å²) in [5.41, 5.74) is -1.34. The fourth-order valence-corrected chi connectivity index (χ4v) is 2.38. The third-order valence-electron chi connectivity index (χ3n) is 3.74. The Balaban J connectivity index is 2.16. The van der Waals surface area contributed by atoms with Crippen LogP contribution in [-0.4, -0.2) is 35.9 Å². The van der Waals surface area contributed by atoms with E-state index in [-0.39, 0.29) is 23.6 Å². The van der Waals surface area contributed by atoms with Crippen LogP contribution in [0.5, 0.6) is 0 Å². The summed E-state index contributed by atoms with van der Waals surface area (Å²) in [6.45, 7) is 4.34. The van der Waals surface area contributed by atoms with Crippen LogP contribution in [0.15, 0.2) is 23.8 Å². The average Bonchev–Trinajstić information content (AvgIpc) is 2.84. The van der Waals surface area contributed by atoms with E-state index in [9.17, 15) is 19.1 Å². The number of cyclic esters (lactones) is 1. The van der Waals surface area contributed by atoms with Crippen molar-refractivity contribution < 1.29 is 28.6 Å². The number of aliphatic hydroxyl groups is 1. The van der Waals surface area contributed by atoms with E-state index in [1.165, 1.54) is 18.2 Å². The van der Waals surface area contributed by atoms with Gasteiger partial charge in [-0.2, -0.15) is 0 Å². The molecule has 2 rings (SSSR count). The predicted octanol–water partition coefficient (Wildman–Crippen LogP) is 3.13. The van der Waals surface area contributed by atoms with E-state index >= 15 is 0 Å². The minimum Gasteiger partial charge on any atom is -0.461 e. The average molecular weight is 371 g/mol. The van der Waals surface area contributed by atoms with Gasteiger partial charge in [0.15, 0.2) is 5.60 Å². The van der Waals surface area contributed by atoms with Crippen LogP contribution in [0.4, 0.5) is 4.39 Å². The molecule has 0 amide bonds. The maximum Gasteiger partial charge on any atom is 0.334 e. The Kier molecular flexibility index (Phi) is 5.54. The zero-order chi connectivity index (χ0) is 18.8. The Bertz CT molecular complexity index is 723. The van der Waals surface area contributed by atoms with E-state index in [2.05, 4.69) is 0 Å². The maximum absolute atomic E-state index is 13.5. The van der Waals surface area contributed by atoms with E-state index in [1.807, 2.05) is 0 Å². The summed E-state index contributed by atoms with van der Waals surface area (Å²) in [6, 6.07) is 4.14. The summed E-state index contributed by atoms with van der Waals surface area (Å²) in [6.07, 6.45) is 1.51. The van der Waals surface area contributed by atoms with E-state index in [4.69, 9.17) is 21.1 Å². The van der Waals surface area contributed by atoms with E-state index in [1.54, 1.807) is 26.8 Å². The third kappa shape index (κ3) is 4.58. The number of carbonyl (C=O) groups is 2. The van der Waals surface area contributed by atoms with Gasteiger partial charge in [0.25, 0.3) is 0 Å². The number of ether oxygens (including phenoxy) is 2. The van der Waals surface area contributed by atoms with Crippen molar-refractivity contribution in [3.8, 4) is 0 Å². The Morgan fingerprint density at radius 1 is 1.48 bits per heavy atom. The van der Waals surface area contributed by atoms with Gasteiger partial charge in [0, 0.05) is 12.0 Å². The van der Waals surface area contributed by atoms with Crippen LogP contribution >= 0.6 is 11.6 Å². The molecule has 0 bridgehead atoms. The molecule has 1 fully saturated rings.